The molecule has 7 heteroatoms. The normalized spacial score (nSPS) is 16.4. The second-order valence-electron chi connectivity index (χ2n) is 7.00. The highest BCUT2D eigenvalue weighted by Gasteiger charge is 2.15. The third-order valence-electron chi connectivity index (χ3n) is 4.72. The van der Waals surface area contributed by atoms with Crippen molar-refractivity contribution < 1.29 is 9.84 Å². The van der Waals surface area contributed by atoms with Crippen LogP contribution in [0.5, 0.6) is 5.75 Å². The van der Waals surface area contributed by atoms with E-state index in [1.54, 1.807) is 0 Å². The zero-order valence-electron chi connectivity index (χ0n) is 16.2. The number of rotatable bonds is 9. The van der Waals surface area contributed by atoms with Crippen molar-refractivity contribution in [1.29, 1.82) is 0 Å². The zero-order chi connectivity index (χ0) is 19.1. The third-order valence-corrected chi connectivity index (χ3v) is 5.67. The van der Waals surface area contributed by atoms with E-state index in [9.17, 15) is 5.11 Å². The largest absolute Gasteiger partial charge is 0.491 e. The molecule has 0 saturated carbocycles. The van der Waals surface area contributed by atoms with Gasteiger partial charge < -0.3 is 15.2 Å². The Morgan fingerprint density at radius 2 is 1.96 bits per heavy atom. The highest BCUT2D eigenvalue weighted by atomic mass is 32.2. The summed E-state index contributed by atoms with van der Waals surface area (Å²) in [6.45, 7) is 6.61. The third kappa shape index (κ3) is 6.24. The Balaban J connectivity index is 1.47. The van der Waals surface area contributed by atoms with Crippen molar-refractivity contribution >= 4 is 11.8 Å². The van der Waals surface area contributed by atoms with Crippen LogP contribution in [-0.4, -0.2) is 63.6 Å². The number of nitrogens with one attached hydrogen (secondary N) is 1. The van der Waals surface area contributed by atoms with E-state index in [4.69, 9.17) is 4.74 Å². The first-order chi connectivity index (χ1) is 13.1. The summed E-state index contributed by atoms with van der Waals surface area (Å²) < 4.78 is 7.77. The lowest BCUT2D eigenvalue weighted by Crippen LogP contribution is -2.40. The van der Waals surface area contributed by atoms with E-state index in [1.807, 2.05) is 54.8 Å². The van der Waals surface area contributed by atoms with Gasteiger partial charge in [0.25, 0.3) is 0 Å². The molecule has 2 heterocycles. The average molecular weight is 391 g/mol. The van der Waals surface area contributed by atoms with Crippen molar-refractivity contribution in [2.75, 3.05) is 37.7 Å². The van der Waals surface area contributed by atoms with Crippen LogP contribution in [0.25, 0.3) is 0 Å². The summed E-state index contributed by atoms with van der Waals surface area (Å²) in [4.78, 5) is 2.31. The van der Waals surface area contributed by atoms with E-state index >= 15 is 0 Å². The number of nitrogens with zero attached hydrogens (tertiary/aromatic N) is 3. The molecule has 2 aromatic rings. The lowest BCUT2D eigenvalue weighted by molar-refractivity contribution is 0.0711. The first-order valence-corrected chi connectivity index (χ1v) is 10.7. The molecule has 1 aliphatic heterocycles. The van der Waals surface area contributed by atoms with Crippen LogP contribution >= 0.6 is 11.8 Å². The minimum Gasteiger partial charge on any atom is -0.491 e. The molecule has 0 amide bonds. The Labute approximate surface area is 165 Å². The topological polar surface area (TPSA) is 62.6 Å². The first-order valence-electron chi connectivity index (χ1n) is 9.50. The molecular weight excluding hydrogens is 360 g/mol. The van der Waals surface area contributed by atoms with E-state index in [2.05, 4.69) is 21.4 Å². The van der Waals surface area contributed by atoms with Gasteiger partial charge in [0.2, 0.25) is 0 Å². The molecule has 0 aliphatic carbocycles. The maximum Gasteiger partial charge on any atom is 0.123 e. The van der Waals surface area contributed by atoms with Crippen LogP contribution in [0.1, 0.15) is 16.8 Å². The molecule has 1 fully saturated rings. The number of aliphatic hydroxyl groups is 1. The molecule has 148 valence electrons. The van der Waals surface area contributed by atoms with Gasteiger partial charge in [-0.15, -0.1) is 0 Å². The summed E-state index contributed by atoms with van der Waals surface area (Å²) in [7, 11) is 1.94. The number of ether oxygens (including phenoxy) is 1. The van der Waals surface area contributed by atoms with Gasteiger partial charge in [0.15, 0.2) is 0 Å². The van der Waals surface area contributed by atoms with E-state index < -0.39 is 6.10 Å². The van der Waals surface area contributed by atoms with Crippen molar-refractivity contribution in [1.82, 2.24) is 20.0 Å². The van der Waals surface area contributed by atoms with Gasteiger partial charge in [0.1, 0.15) is 18.5 Å². The minimum atomic E-state index is -0.466. The van der Waals surface area contributed by atoms with Crippen molar-refractivity contribution in [3.8, 4) is 5.75 Å². The van der Waals surface area contributed by atoms with E-state index in [0.717, 1.165) is 48.1 Å². The predicted molar refractivity (Wildman–Crippen MR) is 110 cm³/mol. The van der Waals surface area contributed by atoms with E-state index in [1.165, 1.54) is 5.56 Å². The first kappa shape index (κ1) is 20.2. The number of aliphatic hydroxyl groups excluding tert-OH is 1. The van der Waals surface area contributed by atoms with Gasteiger partial charge in [-0.25, -0.2) is 0 Å². The minimum absolute atomic E-state index is 0.322. The Hall–Kier alpha value is -1.54. The average Bonchev–Trinajstić information content (AvgIpc) is 2.99. The molecule has 1 aromatic heterocycles. The predicted octanol–water partition coefficient (Wildman–Crippen LogP) is 1.81. The van der Waals surface area contributed by atoms with Gasteiger partial charge in [-0.2, -0.15) is 16.9 Å². The molecular formula is C20H30N4O2S. The van der Waals surface area contributed by atoms with Gasteiger partial charge in [0, 0.05) is 68.6 Å². The molecule has 6 nitrogen and oxygen atoms in total. The maximum absolute atomic E-state index is 10.3. The van der Waals surface area contributed by atoms with Crippen LogP contribution in [0.4, 0.5) is 0 Å². The fraction of sp³-hybridized carbons (Fsp3) is 0.550. The smallest absolute Gasteiger partial charge is 0.123 e. The van der Waals surface area contributed by atoms with E-state index in [-0.39, 0.29) is 0 Å². The summed E-state index contributed by atoms with van der Waals surface area (Å²) >= 11 is 1.98. The molecule has 1 aromatic carbocycles. The quantitative estimate of drug-likeness (QED) is 0.681. The lowest BCUT2D eigenvalue weighted by atomic mass is 10.2. The molecule has 1 atom stereocenters. The van der Waals surface area contributed by atoms with Crippen LogP contribution in [0, 0.1) is 6.92 Å². The molecule has 27 heavy (non-hydrogen) atoms. The SMILES string of the molecule is Cc1nn(C)cc1CNCc1ccccc1OCC(O)CN1CCSCC1. The number of thioether (sulfide) groups is 1. The molecule has 1 unspecified atom stereocenters. The summed E-state index contributed by atoms with van der Waals surface area (Å²) in [6, 6.07) is 8.02. The summed E-state index contributed by atoms with van der Waals surface area (Å²) in [5.41, 5.74) is 3.35. The van der Waals surface area contributed by atoms with E-state index in [0.29, 0.717) is 19.7 Å². The zero-order valence-corrected chi connectivity index (χ0v) is 17.0. The Morgan fingerprint density at radius 1 is 1.22 bits per heavy atom. The second-order valence-corrected chi connectivity index (χ2v) is 8.23. The van der Waals surface area contributed by atoms with Crippen LogP contribution in [0.15, 0.2) is 30.5 Å². The Morgan fingerprint density at radius 3 is 2.70 bits per heavy atom. The summed E-state index contributed by atoms with van der Waals surface area (Å²) in [5, 5.41) is 18.1. The van der Waals surface area contributed by atoms with Crippen LogP contribution < -0.4 is 10.1 Å². The Bertz CT molecular complexity index is 716. The van der Waals surface area contributed by atoms with Crippen molar-refractivity contribution in [3.63, 3.8) is 0 Å². The number of aryl methyl sites for hydroxylation is 2. The fourth-order valence-electron chi connectivity index (χ4n) is 3.27. The monoisotopic (exact) mass is 390 g/mol. The van der Waals surface area contributed by atoms with Gasteiger partial charge in [-0.05, 0) is 13.0 Å². The van der Waals surface area contributed by atoms with Gasteiger partial charge in [0.05, 0.1) is 5.69 Å². The maximum atomic E-state index is 10.3. The molecule has 2 N–H and O–H groups in total. The van der Waals surface area contributed by atoms with Crippen LogP contribution in [0.3, 0.4) is 0 Å². The van der Waals surface area contributed by atoms with Crippen molar-refractivity contribution in [2.24, 2.45) is 7.05 Å². The number of para-hydroxylation sites is 1. The Kier molecular flexibility index (Phi) is 7.58. The van der Waals surface area contributed by atoms with Gasteiger partial charge in [-0.3, -0.25) is 9.58 Å². The molecule has 1 saturated heterocycles. The van der Waals surface area contributed by atoms with Gasteiger partial charge in [-0.1, -0.05) is 18.2 Å². The summed E-state index contributed by atoms with van der Waals surface area (Å²) in [6.07, 6.45) is 1.58. The van der Waals surface area contributed by atoms with Crippen molar-refractivity contribution in [3.05, 3.63) is 47.3 Å². The lowest BCUT2D eigenvalue weighted by Gasteiger charge is -2.28. The fourth-order valence-corrected chi connectivity index (χ4v) is 4.24. The highest BCUT2D eigenvalue weighted by molar-refractivity contribution is 7.99. The van der Waals surface area contributed by atoms with Crippen molar-refractivity contribution in [2.45, 2.75) is 26.1 Å². The molecule has 3 rings (SSSR count). The van der Waals surface area contributed by atoms with Crippen LogP contribution in [0.2, 0.25) is 0 Å². The molecule has 1 aliphatic rings. The number of β-amino-alcohol motifs (C(OH)–C–C–N with tert-alkyl or cyclic N) is 1. The van der Waals surface area contributed by atoms with Crippen LogP contribution in [-0.2, 0) is 20.1 Å². The standard InChI is InChI=1S/C20H30N4O2S/c1-16-18(13-23(2)22-16)12-21-11-17-5-3-4-6-20(17)26-15-19(25)14-24-7-9-27-10-8-24/h3-6,13,19,21,25H,7-12,14-15H2,1-2H3. The summed E-state index contributed by atoms with van der Waals surface area (Å²) in [5.74, 6) is 3.14. The number of benzene rings is 1. The second kappa shape index (κ2) is 10.1. The number of aromatic nitrogens is 2. The highest BCUT2D eigenvalue weighted by Crippen LogP contribution is 2.18. The number of hydrogen-bond acceptors (Lipinski definition) is 6. The molecule has 0 radical (unpaired) electrons. The number of hydrogen-bond donors (Lipinski definition) is 2. The molecule has 0 bridgehead atoms. The van der Waals surface area contributed by atoms with Gasteiger partial charge >= 0.3 is 0 Å². The molecule has 0 spiro atoms.